The molecule has 20 heavy (non-hydrogen) atoms. The van der Waals surface area contributed by atoms with Gasteiger partial charge < -0.3 is 10.2 Å². The lowest BCUT2D eigenvalue weighted by atomic mass is 10.0. The van der Waals surface area contributed by atoms with Gasteiger partial charge in [0.2, 0.25) is 0 Å². The topological polar surface area (TPSA) is 15.3 Å². The van der Waals surface area contributed by atoms with Crippen LogP contribution >= 0.6 is 15.9 Å². The molecule has 0 heterocycles. The summed E-state index contributed by atoms with van der Waals surface area (Å²) in [7, 11) is 3.94. The van der Waals surface area contributed by atoms with Gasteiger partial charge in [-0.1, -0.05) is 13.8 Å². The molecule has 0 amide bonds. The van der Waals surface area contributed by atoms with Gasteiger partial charge in [0.1, 0.15) is 0 Å². The fourth-order valence-electron chi connectivity index (χ4n) is 1.82. The summed E-state index contributed by atoms with van der Waals surface area (Å²) in [5, 5.41) is 3.30. The molecule has 1 rings (SSSR count). The van der Waals surface area contributed by atoms with Crippen molar-refractivity contribution in [3.05, 3.63) is 28.2 Å². The smallest absolute Gasteiger partial charge is 0.380 e. The van der Waals surface area contributed by atoms with E-state index in [1.807, 2.05) is 14.1 Å². The number of halogens is 4. The molecule has 0 fully saturated rings. The molecular weight excluding hydrogens is 333 g/mol. The van der Waals surface area contributed by atoms with Crippen LogP contribution in [-0.2, 0) is 6.18 Å². The minimum Gasteiger partial charge on any atom is -0.380 e. The van der Waals surface area contributed by atoms with Crippen LogP contribution in [0.2, 0.25) is 0 Å². The van der Waals surface area contributed by atoms with Crippen molar-refractivity contribution in [1.82, 2.24) is 4.90 Å². The number of nitrogens with one attached hydrogen (secondary N) is 1. The molecule has 1 aromatic rings. The van der Waals surface area contributed by atoms with E-state index in [2.05, 4.69) is 40.0 Å². The molecular formula is C14H20BrF3N2. The van der Waals surface area contributed by atoms with Gasteiger partial charge in [0.25, 0.3) is 0 Å². The molecule has 1 atom stereocenters. The SMILES string of the molecule is CC(C)C(CN(C)C)Nc1ccc(C(F)(F)F)cc1Br. The first kappa shape index (κ1) is 17.3. The molecule has 0 aromatic heterocycles. The third-order valence-electron chi connectivity index (χ3n) is 3.00. The Hall–Kier alpha value is -0.750. The highest BCUT2D eigenvalue weighted by atomic mass is 79.9. The molecule has 6 heteroatoms. The molecule has 114 valence electrons. The third kappa shape index (κ3) is 4.98. The van der Waals surface area contributed by atoms with Gasteiger partial charge in [0.15, 0.2) is 0 Å². The van der Waals surface area contributed by atoms with Crippen molar-refractivity contribution in [2.24, 2.45) is 5.92 Å². The highest BCUT2D eigenvalue weighted by molar-refractivity contribution is 9.10. The fraction of sp³-hybridized carbons (Fsp3) is 0.571. The Morgan fingerprint density at radius 3 is 2.25 bits per heavy atom. The van der Waals surface area contributed by atoms with Crippen molar-refractivity contribution in [1.29, 1.82) is 0 Å². The summed E-state index contributed by atoms with van der Waals surface area (Å²) < 4.78 is 38.3. The van der Waals surface area contributed by atoms with Crippen molar-refractivity contribution in [3.63, 3.8) is 0 Å². The summed E-state index contributed by atoms with van der Waals surface area (Å²) in [6.45, 7) is 4.98. The zero-order valence-corrected chi connectivity index (χ0v) is 13.6. The maximum Gasteiger partial charge on any atom is 0.416 e. The van der Waals surface area contributed by atoms with Gasteiger partial charge in [0, 0.05) is 22.7 Å². The molecule has 0 radical (unpaired) electrons. The number of hydrogen-bond donors (Lipinski definition) is 1. The quantitative estimate of drug-likeness (QED) is 0.841. The average Bonchev–Trinajstić information content (AvgIpc) is 2.28. The van der Waals surface area contributed by atoms with Crippen LogP contribution in [0.25, 0.3) is 0 Å². The van der Waals surface area contributed by atoms with E-state index in [4.69, 9.17) is 0 Å². The lowest BCUT2D eigenvalue weighted by Gasteiger charge is -2.27. The van der Waals surface area contributed by atoms with Crippen molar-refractivity contribution in [2.45, 2.75) is 26.1 Å². The first-order valence-electron chi connectivity index (χ1n) is 6.39. The standard InChI is InChI=1S/C14H20BrF3N2/c1-9(2)13(8-20(3)4)19-12-6-5-10(7-11(12)15)14(16,17)18/h5-7,9,13,19H,8H2,1-4H3. The van der Waals surface area contributed by atoms with Crippen molar-refractivity contribution >= 4 is 21.6 Å². The highest BCUT2D eigenvalue weighted by Gasteiger charge is 2.31. The summed E-state index contributed by atoms with van der Waals surface area (Å²) in [6.07, 6.45) is -4.32. The van der Waals surface area contributed by atoms with Gasteiger partial charge in [-0.05, 0) is 54.1 Å². The predicted octanol–water partition coefficient (Wildman–Crippen LogP) is 4.47. The Balaban J connectivity index is 2.91. The molecule has 0 aliphatic carbocycles. The maximum atomic E-state index is 12.6. The Kier molecular flexibility index (Phi) is 5.89. The lowest BCUT2D eigenvalue weighted by Crippen LogP contribution is -2.36. The highest BCUT2D eigenvalue weighted by Crippen LogP contribution is 2.34. The van der Waals surface area contributed by atoms with E-state index in [0.29, 0.717) is 16.1 Å². The van der Waals surface area contributed by atoms with Gasteiger partial charge in [-0.2, -0.15) is 13.2 Å². The van der Waals surface area contributed by atoms with Crippen LogP contribution in [0.4, 0.5) is 18.9 Å². The van der Waals surface area contributed by atoms with Gasteiger partial charge in [-0.3, -0.25) is 0 Å². The number of hydrogen-bond acceptors (Lipinski definition) is 2. The van der Waals surface area contributed by atoms with Gasteiger partial charge in [-0.25, -0.2) is 0 Å². The van der Waals surface area contributed by atoms with Crippen molar-refractivity contribution in [2.75, 3.05) is 26.0 Å². The van der Waals surface area contributed by atoms with Crippen molar-refractivity contribution in [3.8, 4) is 0 Å². The van der Waals surface area contributed by atoms with Crippen LogP contribution < -0.4 is 5.32 Å². The molecule has 2 nitrogen and oxygen atoms in total. The Morgan fingerprint density at radius 1 is 1.25 bits per heavy atom. The second-order valence-corrected chi connectivity index (χ2v) is 6.30. The zero-order chi connectivity index (χ0) is 15.5. The second-order valence-electron chi connectivity index (χ2n) is 5.45. The normalized spacial score (nSPS) is 13.9. The van der Waals surface area contributed by atoms with E-state index in [-0.39, 0.29) is 6.04 Å². The van der Waals surface area contributed by atoms with E-state index in [0.717, 1.165) is 18.7 Å². The largest absolute Gasteiger partial charge is 0.416 e. The lowest BCUT2D eigenvalue weighted by molar-refractivity contribution is -0.137. The van der Waals surface area contributed by atoms with Crippen LogP contribution in [0.5, 0.6) is 0 Å². The van der Waals surface area contributed by atoms with E-state index in [1.54, 1.807) is 0 Å². The number of likely N-dealkylation sites (N-methyl/N-ethyl adjacent to an activating group) is 1. The van der Waals surface area contributed by atoms with E-state index in [9.17, 15) is 13.2 Å². The van der Waals surface area contributed by atoms with E-state index in [1.165, 1.54) is 6.07 Å². The van der Waals surface area contributed by atoms with Crippen LogP contribution in [0.3, 0.4) is 0 Å². The fourth-order valence-corrected chi connectivity index (χ4v) is 2.32. The first-order chi connectivity index (χ1) is 9.11. The van der Waals surface area contributed by atoms with Gasteiger partial charge >= 0.3 is 6.18 Å². The molecule has 0 saturated carbocycles. The molecule has 0 aliphatic rings. The predicted molar refractivity (Wildman–Crippen MR) is 79.9 cm³/mol. The summed E-state index contributed by atoms with van der Waals surface area (Å²) in [4.78, 5) is 2.05. The Morgan fingerprint density at radius 2 is 1.85 bits per heavy atom. The van der Waals surface area contributed by atoms with Crippen LogP contribution in [-0.4, -0.2) is 31.6 Å². The number of benzene rings is 1. The zero-order valence-electron chi connectivity index (χ0n) is 12.1. The van der Waals surface area contributed by atoms with Crippen LogP contribution in [0, 0.1) is 5.92 Å². The van der Waals surface area contributed by atoms with Crippen molar-refractivity contribution < 1.29 is 13.2 Å². The third-order valence-corrected chi connectivity index (χ3v) is 3.66. The summed E-state index contributed by atoms with van der Waals surface area (Å²) in [5.41, 5.74) is 0.0298. The van der Waals surface area contributed by atoms with E-state index < -0.39 is 11.7 Å². The molecule has 0 spiro atoms. The Labute approximate surface area is 126 Å². The molecule has 1 N–H and O–H groups in total. The minimum atomic E-state index is -4.32. The number of alkyl halides is 3. The van der Waals surface area contributed by atoms with Crippen LogP contribution in [0.15, 0.2) is 22.7 Å². The summed E-state index contributed by atoms with van der Waals surface area (Å²) in [5.74, 6) is 0.367. The number of nitrogens with zero attached hydrogens (tertiary/aromatic N) is 1. The monoisotopic (exact) mass is 352 g/mol. The Bertz CT molecular complexity index is 445. The van der Waals surface area contributed by atoms with E-state index >= 15 is 0 Å². The molecule has 1 aromatic carbocycles. The summed E-state index contributed by atoms with van der Waals surface area (Å²) >= 11 is 3.21. The average molecular weight is 353 g/mol. The number of anilines is 1. The van der Waals surface area contributed by atoms with Gasteiger partial charge in [0.05, 0.1) is 5.56 Å². The van der Waals surface area contributed by atoms with Crippen LogP contribution in [0.1, 0.15) is 19.4 Å². The second kappa shape index (κ2) is 6.80. The summed E-state index contributed by atoms with van der Waals surface area (Å²) in [6, 6.07) is 3.84. The molecule has 0 saturated heterocycles. The molecule has 0 aliphatic heterocycles. The first-order valence-corrected chi connectivity index (χ1v) is 7.18. The molecule has 0 bridgehead atoms. The minimum absolute atomic E-state index is 0.165. The molecule has 1 unspecified atom stereocenters. The number of rotatable bonds is 5. The maximum absolute atomic E-state index is 12.6. The van der Waals surface area contributed by atoms with Gasteiger partial charge in [-0.15, -0.1) is 0 Å².